The van der Waals surface area contributed by atoms with Crippen molar-refractivity contribution in [2.75, 3.05) is 6.61 Å². The zero-order chi connectivity index (χ0) is 16.0. The van der Waals surface area contributed by atoms with Crippen LogP contribution in [0.15, 0.2) is 28.7 Å². The van der Waals surface area contributed by atoms with E-state index in [0.29, 0.717) is 5.75 Å². The molecule has 0 spiro atoms. The van der Waals surface area contributed by atoms with Gasteiger partial charge in [0.05, 0.1) is 0 Å². The molecule has 1 rings (SSSR count). The van der Waals surface area contributed by atoms with Crippen LogP contribution in [0.3, 0.4) is 0 Å². The molecule has 0 saturated carbocycles. The summed E-state index contributed by atoms with van der Waals surface area (Å²) in [5.41, 5.74) is -0.695. The molecule has 1 aromatic rings. The molecular weight excluding hydrogens is 342 g/mol. The number of carbonyl (C=O) groups excluding carboxylic acids is 1. The van der Waals surface area contributed by atoms with Gasteiger partial charge in [-0.3, -0.25) is 0 Å². The van der Waals surface area contributed by atoms with Crippen molar-refractivity contribution in [1.82, 2.24) is 5.32 Å². The van der Waals surface area contributed by atoms with E-state index in [1.165, 1.54) is 0 Å². The minimum Gasteiger partial charge on any atom is -0.491 e. The summed E-state index contributed by atoms with van der Waals surface area (Å²) in [4.78, 5) is 22.7. The summed E-state index contributed by atoms with van der Waals surface area (Å²) in [6, 6.07) is 5.73. The first kappa shape index (κ1) is 17.3. The highest BCUT2D eigenvalue weighted by Gasteiger charge is 2.24. The van der Waals surface area contributed by atoms with Gasteiger partial charge in [-0.15, -0.1) is 0 Å². The lowest BCUT2D eigenvalue weighted by Gasteiger charge is -2.22. The van der Waals surface area contributed by atoms with Crippen molar-refractivity contribution in [2.24, 2.45) is 0 Å². The first-order valence-electron chi connectivity index (χ1n) is 6.28. The van der Waals surface area contributed by atoms with Crippen molar-refractivity contribution in [1.29, 1.82) is 0 Å². The van der Waals surface area contributed by atoms with E-state index in [1.807, 2.05) is 0 Å². The minimum atomic E-state index is -1.20. The highest BCUT2D eigenvalue weighted by molar-refractivity contribution is 9.10. The summed E-state index contributed by atoms with van der Waals surface area (Å²) in [5.74, 6) is -0.687. The molecule has 1 atom stereocenters. The molecule has 0 bridgehead atoms. The van der Waals surface area contributed by atoms with E-state index in [9.17, 15) is 9.59 Å². The molecule has 0 heterocycles. The number of carboxylic acid groups (broad SMARTS) is 1. The van der Waals surface area contributed by atoms with Crippen molar-refractivity contribution >= 4 is 28.0 Å². The maximum Gasteiger partial charge on any atom is 0.408 e. The number of hydrogen-bond donors (Lipinski definition) is 2. The van der Waals surface area contributed by atoms with Gasteiger partial charge in [0.2, 0.25) is 0 Å². The number of carbonyl (C=O) groups is 2. The fourth-order valence-corrected chi connectivity index (χ4v) is 1.60. The number of alkyl carbamates (subject to hydrolysis) is 1. The van der Waals surface area contributed by atoms with Crippen LogP contribution < -0.4 is 10.1 Å². The van der Waals surface area contributed by atoms with E-state index in [2.05, 4.69) is 21.2 Å². The maximum atomic E-state index is 11.6. The average Bonchev–Trinajstić information content (AvgIpc) is 2.33. The average molecular weight is 360 g/mol. The molecule has 0 aliphatic rings. The third-order valence-electron chi connectivity index (χ3n) is 2.22. The van der Waals surface area contributed by atoms with E-state index in [1.54, 1.807) is 45.0 Å². The van der Waals surface area contributed by atoms with E-state index < -0.39 is 23.7 Å². The summed E-state index contributed by atoms with van der Waals surface area (Å²) >= 11 is 3.29. The summed E-state index contributed by atoms with van der Waals surface area (Å²) < 4.78 is 11.2. The highest BCUT2D eigenvalue weighted by Crippen LogP contribution is 2.16. The normalized spacial score (nSPS) is 12.4. The summed E-state index contributed by atoms with van der Waals surface area (Å²) in [5, 5.41) is 11.3. The van der Waals surface area contributed by atoms with Crippen molar-refractivity contribution in [2.45, 2.75) is 32.4 Å². The van der Waals surface area contributed by atoms with Gasteiger partial charge in [0, 0.05) is 4.47 Å². The Balaban J connectivity index is 2.56. The Hall–Kier alpha value is -1.76. The fraction of sp³-hybridized carbons (Fsp3) is 0.429. The molecule has 21 heavy (non-hydrogen) atoms. The molecule has 0 unspecified atom stereocenters. The molecule has 0 aromatic heterocycles. The van der Waals surface area contributed by atoms with Gasteiger partial charge in [0.15, 0.2) is 6.04 Å². The highest BCUT2D eigenvalue weighted by atomic mass is 79.9. The molecule has 116 valence electrons. The van der Waals surface area contributed by atoms with Crippen molar-refractivity contribution in [3.63, 3.8) is 0 Å². The van der Waals surface area contributed by atoms with Crippen LogP contribution in [-0.2, 0) is 9.53 Å². The van der Waals surface area contributed by atoms with Gasteiger partial charge in [-0.05, 0) is 45.0 Å². The lowest BCUT2D eigenvalue weighted by molar-refractivity contribution is -0.140. The second-order valence-electron chi connectivity index (χ2n) is 5.30. The van der Waals surface area contributed by atoms with Crippen LogP contribution in [0.4, 0.5) is 4.79 Å². The lowest BCUT2D eigenvalue weighted by Crippen LogP contribution is -2.46. The molecule has 7 heteroatoms. The zero-order valence-corrected chi connectivity index (χ0v) is 13.6. The van der Waals surface area contributed by atoms with Gasteiger partial charge in [0.1, 0.15) is 18.0 Å². The third kappa shape index (κ3) is 6.99. The smallest absolute Gasteiger partial charge is 0.408 e. The Morgan fingerprint density at radius 2 is 1.86 bits per heavy atom. The third-order valence-corrected chi connectivity index (χ3v) is 2.75. The van der Waals surface area contributed by atoms with Crippen LogP contribution in [0.25, 0.3) is 0 Å². The number of carboxylic acids is 1. The molecule has 0 saturated heterocycles. The number of ether oxygens (including phenoxy) is 2. The van der Waals surface area contributed by atoms with E-state index in [-0.39, 0.29) is 6.61 Å². The van der Waals surface area contributed by atoms with Gasteiger partial charge < -0.3 is 19.9 Å². The first-order valence-corrected chi connectivity index (χ1v) is 7.07. The predicted octanol–water partition coefficient (Wildman–Crippen LogP) is 2.81. The molecule has 2 N–H and O–H groups in total. The Bertz CT molecular complexity index is 495. The largest absolute Gasteiger partial charge is 0.491 e. The molecule has 0 aliphatic carbocycles. The van der Waals surface area contributed by atoms with Crippen LogP contribution >= 0.6 is 15.9 Å². The quantitative estimate of drug-likeness (QED) is 0.844. The Kier molecular flexibility index (Phi) is 6.02. The number of benzene rings is 1. The number of nitrogens with one attached hydrogen (secondary N) is 1. The second kappa shape index (κ2) is 7.31. The molecule has 1 aromatic carbocycles. The second-order valence-corrected chi connectivity index (χ2v) is 6.22. The van der Waals surface area contributed by atoms with Crippen LogP contribution in [0, 0.1) is 0 Å². The van der Waals surface area contributed by atoms with Gasteiger partial charge >= 0.3 is 12.1 Å². The van der Waals surface area contributed by atoms with Crippen molar-refractivity contribution in [3.05, 3.63) is 28.7 Å². The number of halogens is 1. The Morgan fingerprint density at radius 1 is 1.29 bits per heavy atom. The standard InChI is InChI=1S/C14H18BrNO5/c1-14(2,3)21-13(19)16-11(12(17)18)8-20-10-6-4-9(15)5-7-10/h4-7,11H,8H2,1-3H3,(H,16,19)(H,17,18)/t11-/m0/s1. The topological polar surface area (TPSA) is 84.9 Å². The molecule has 0 fully saturated rings. The Morgan fingerprint density at radius 3 is 2.33 bits per heavy atom. The SMILES string of the molecule is CC(C)(C)OC(=O)N[C@@H](COc1ccc(Br)cc1)C(=O)O. The monoisotopic (exact) mass is 359 g/mol. The molecular formula is C14H18BrNO5. The lowest BCUT2D eigenvalue weighted by atomic mass is 10.2. The van der Waals surface area contributed by atoms with Crippen LogP contribution in [-0.4, -0.2) is 35.4 Å². The van der Waals surface area contributed by atoms with E-state index in [0.717, 1.165) is 4.47 Å². The van der Waals surface area contributed by atoms with Crippen LogP contribution in [0.2, 0.25) is 0 Å². The number of aliphatic carboxylic acids is 1. The maximum absolute atomic E-state index is 11.6. The van der Waals surface area contributed by atoms with Crippen molar-refractivity contribution < 1.29 is 24.2 Å². The first-order chi connectivity index (χ1) is 9.67. The van der Waals surface area contributed by atoms with Gasteiger partial charge in [0.25, 0.3) is 0 Å². The van der Waals surface area contributed by atoms with Crippen LogP contribution in [0.5, 0.6) is 5.75 Å². The molecule has 1 amide bonds. The summed E-state index contributed by atoms with van der Waals surface area (Å²) in [7, 11) is 0. The zero-order valence-electron chi connectivity index (χ0n) is 12.1. The van der Waals surface area contributed by atoms with Gasteiger partial charge in [-0.2, -0.15) is 0 Å². The molecule has 6 nitrogen and oxygen atoms in total. The number of hydrogen-bond acceptors (Lipinski definition) is 4. The molecule has 0 radical (unpaired) electrons. The fourth-order valence-electron chi connectivity index (χ4n) is 1.33. The number of rotatable bonds is 5. The van der Waals surface area contributed by atoms with E-state index in [4.69, 9.17) is 14.6 Å². The van der Waals surface area contributed by atoms with Gasteiger partial charge in [-0.25, -0.2) is 9.59 Å². The van der Waals surface area contributed by atoms with Crippen molar-refractivity contribution in [3.8, 4) is 5.75 Å². The van der Waals surface area contributed by atoms with E-state index >= 15 is 0 Å². The Labute approximate surface area is 131 Å². The van der Waals surface area contributed by atoms with Gasteiger partial charge in [-0.1, -0.05) is 15.9 Å². The van der Waals surface area contributed by atoms with Crippen LogP contribution in [0.1, 0.15) is 20.8 Å². The number of amides is 1. The predicted molar refractivity (Wildman–Crippen MR) is 80.4 cm³/mol. The minimum absolute atomic E-state index is 0.198. The molecule has 0 aliphatic heterocycles. The summed E-state index contributed by atoms with van der Waals surface area (Å²) in [6.45, 7) is 4.89. The summed E-state index contributed by atoms with van der Waals surface area (Å²) in [6.07, 6.45) is -0.797.